The average Bonchev–Trinajstić information content (AvgIpc) is 2.82. The molecule has 2 unspecified atom stereocenters. The summed E-state index contributed by atoms with van der Waals surface area (Å²) in [5.74, 6) is 0.798. The Kier molecular flexibility index (Phi) is 4.18. The van der Waals surface area contributed by atoms with Gasteiger partial charge in [0, 0.05) is 17.3 Å². The topological polar surface area (TPSA) is 12.0 Å². The molecule has 1 aromatic rings. The second-order valence-corrected chi connectivity index (χ2v) is 7.33. The second-order valence-electron chi connectivity index (χ2n) is 6.25. The lowest BCUT2D eigenvalue weighted by Gasteiger charge is -2.39. The molecule has 104 valence electrons. The molecular weight excluding hydrogens is 250 g/mol. The Morgan fingerprint density at radius 3 is 2.53 bits per heavy atom. The summed E-state index contributed by atoms with van der Waals surface area (Å²) >= 11 is 2.05. The summed E-state index contributed by atoms with van der Waals surface area (Å²) in [5.41, 5.74) is 2.91. The van der Waals surface area contributed by atoms with Crippen molar-refractivity contribution in [1.82, 2.24) is 5.32 Å². The SMILES string of the molecule is CSC1CCCC1NC1CC(c2ccc(C)cc2)C1. The summed E-state index contributed by atoms with van der Waals surface area (Å²) in [7, 11) is 0. The highest BCUT2D eigenvalue weighted by Gasteiger charge is 2.34. The van der Waals surface area contributed by atoms with Gasteiger partial charge >= 0.3 is 0 Å². The molecule has 2 saturated carbocycles. The number of aryl methyl sites for hydroxylation is 1. The van der Waals surface area contributed by atoms with Crippen molar-refractivity contribution in [3.63, 3.8) is 0 Å². The van der Waals surface area contributed by atoms with Crippen molar-refractivity contribution in [3.8, 4) is 0 Å². The predicted molar refractivity (Wildman–Crippen MR) is 85.0 cm³/mol. The number of thioether (sulfide) groups is 1. The van der Waals surface area contributed by atoms with Gasteiger partial charge in [-0.05, 0) is 50.3 Å². The Labute approximate surface area is 121 Å². The molecule has 0 aliphatic heterocycles. The fourth-order valence-electron chi connectivity index (χ4n) is 3.57. The Morgan fingerprint density at radius 1 is 1.11 bits per heavy atom. The molecule has 0 saturated heterocycles. The van der Waals surface area contributed by atoms with E-state index in [0.717, 1.165) is 23.3 Å². The van der Waals surface area contributed by atoms with Gasteiger partial charge in [0.25, 0.3) is 0 Å². The minimum absolute atomic E-state index is 0.768. The quantitative estimate of drug-likeness (QED) is 0.887. The fourth-order valence-corrected chi connectivity index (χ4v) is 4.51. The molecule has 0 amide bonds. The van der Waals surface area contributed by atoms with E-state index in [1.54, 1.807) is 0 Å². The van der Waals surface area contributed by atoms with E-state index < -0.39 is 0 Å². The van der Waals surface area contributed by atoms with Crippen molar-refractivity contribution in [2.45, 2.75) is 62.3 Å². The molecule has 0 aromatic heterocycles. The first-order valence-electron chi connectivity index (χ1n) is 7.61. The van der Waals surface area contributed by atoms with E-state index in [1.165, 1.54) is 43.2 Å². The van der Waals surface area contributed by atoms with Crippen LogP contribution in [0.4, 0.5) is 0 Å². The molecule has 2 aliphatic carbocycles. The molecule has 1 N–H and O–H groups in total. The van der Waals surface area contributed by atoms with Crippen LogP contribution >= 0.6 is 11.8 Å². The maximum Gasteiger partial charge on any atom is 0.0198 e. The maximum atomic E-state index is 3.91. The van der Waals surface area contributed by atoms with Crippen molar-refractivity contribution in [3.05, 3.63) is 35.4 Å². The number of nitrogens with one attached hydrogen (secondary N) is 1. The first-order valence-corrected chi connectivity index (χ1v) is 8.90. The highest BCUT2D eigenvalue weighted by atomic mass is 32.2. The minimum Gasteiger partial charge on any atom is -0.310 e. The molecule has 0 radical (unpaired) electrons. The van der Waals surface area contributed by atoms with Gasteiger partial charge < -0.3 is 5.32 Å². The van der Waals surface area contributed by atoms with Gasteiger partial charge in [-0.1, -0.05) is 36.2 Å². The lowest BCUT2D eigenvalue weighted by molar-refractivity contribution is 0.266. The third kappa shape index (κ3) is 3.00. The summed E-state index contributed by atoms with van der Waals surface area (Å²) in [5, 5.41) is 4.77. The standard InChI is InChI=1S/C17H25NS/c1-12-6-8-13(9-7-12)14-10-15(11-14)18-16-4-3-5-17(16)19-2/h6-9,14-18H,3-5,10-11H2,1-2H3. The van der Waals surface area contributed by atoms with E-state index in [2.05, 4.69) is 54.5 Å². The van der Waals surface area contributed by atoms with Gasteiger partial charge in [0.2, 0.25) is 0 Å². The molecule has 1 nitrogen and oxygen atoms in total. The van der Waals surface area contributed by atoms with Crippen LogP contribution in [0.5, 0.6) is 0 Å². The Morgan fingerprint density at radius 2 is 1.84 bits per heavy atom. The van der Waals surface area contributed by atoms with Crippen LogP contribution in [-0.2, 0) is 0 Å². The molecule has 0 spiro atoms. The van der Waals surface area contributed by atoms with Crippen LogP contribution < -0.4 is 5.32 Å². The average molecular weight is 275 g/mol. The zero-order valence-corrected chi connectivity index (χ0v) is 12.9. The van der Waals surface area contributed by atoms with Crippen LogP contribution in [0.25, 0.3) is 0 Å². The molecule has 1 aromatic carbocycles. The molecule has 0 heterocycles. The highest BCUT2D eigenvalue weighted by Crippen LogP contribution is 2.38. The minimum atomic E-state index is 0.768. The number of hydrogen-bond acceptors (Lipinski definition) is 2. The summed E-state index contributed by atoms with van der Waals surface area (Å²) in [6, 6.07) is 10.7. The lowest BCUT2D eigenvalue weighted by atomic mass is 9.75. The molecule has 2 aliphatic rings. The van der Waals surface area contributed by atoms with Crippen molar-refractivity contribution < 1.29 is 0 Å². The van der Waals surface area contributed by atoms with E-state index in [4.69, 9.17) is 0 Å². The molecule has 2 fully saturated rings. The highest BCUT2D eigenvalue weighted by molar-refractivity contribution is 7.99. The van der Waals surface area contributed by atoms with Gasteiger partial charge in [-0.15, -0.1) is 0 Å². The first kappa shape index (κ1) is 13.5. The molecule has 2 heteroatoms. The monoisotopic (exact) mass is 275 g/mol. The largest absolute Gasteiger partial charge is 0.310 e. The van der Waals surface area contributed by atoms with Gasteiger partial charge in [0.05, 0.1) is 0 Å². The van der Waals surface area contributed by atoms with E-state index in [-0.39, 0.29) is 0 Å². The number of rotatable bonds is 4. The van der Waals surface area contributed by atoms with Crippen molar-refractivity contribution in [2.75, 3.05) is 6.26 Å². The van der Waals surface area contributed by atoms with Gasteiger partial charge in [0.1, 0.15) is 0 Å². The van der Waals surface area contributed by atoms with Gasteiger partial charge in [-0.25, -0.2) is 0 Å². The lowest BCUT2D eigenvalue weighted by Crippen LogP contribution is -2.47. The van der Waals surface area contributed by atoms with E-state index in [0.29, 0.717) is 0 Å². The maximum absolute atomic E-state index is 3.91. The smallest absolute Gasteiger partial charge is 0.0198 e. The summed E-state index contributed by atoms with van der Waals surface area (Å²) in [6.07, 6.45) is 9.14. The second kappa shape index (κ2) is 5.88. The fraction of sp³-hybridized carbons (Fsp3) is 0.647. The zero-order valence-electron chi connectivity index (χ0n) is 12.1. The van der Waals surface area contributed by atoms with E-state index >= 15 is 0 Å². The number of hydrogen-bond donors (Lipinski definition) is 1. The van der Waals surface area contributed by atoms with Crippen LogP contribution in [0.3, 0.4) is 0 Å². The van der Waals surface area contributed by atoms with Crippen molar-refractivity contribution in [1.29, 1.82) is 0 Å². The summed E-state index contributed by atoms with van der Waals surface area (Å²) in [6.45, 7) is 2.16. The third-order valence-electron chi connectivity index (χ3n) is 4.89. The molecule has 19 heavy (non-hydrogen) atoms. The van der Waals surface area contributed by atoms with Crippen LogP contribution in [0, 0.1) is 6.92 Å². The normalized spacial score (nSPS) is 34.2. The van der Waals surface area contributed by atoms with Crippen molar-refractivity contribution >= 4 is 11.8 Å². The van der Waals surface area contributed by atoms with Crippen LogP contribution in [0.1, 0.15) is 49.1 Å². The molecule has 0 bridgehead atoms. The van der Waals surface area contributed by atoms with Crippen LogP contribution in [0.2, 0.25) is 0 Å². The Hall–Kier alpha value is -0.470. The summed E-state index contributed by atoms with van der Waals surface area (Å²) < 4.78 is 0. The van der Waals surface area contributed by atoms with Gasteiger partial charge in [0.15, 0.2) is 0 Å². The third-order valence-corrected chi connectivity index (χ3v) is 6.06. The molecule has 3 rings (SSSR count). The van der Waals surface area contributed by atoms with Gasteiger partial charge in [-0.3, -0.25) is 0 Å². The van der Waals surface area contributed by atoms with Crippen molar-refractivity contribution in [2.24, 2.45) is 0 Å². The number of benzene rings is 1. The Bertz CT molecular complexity index is 408. The van der Waals surface area contributed by atoms with Crippen LogP contribution in [-0.4, -0.2) is 23.6 Å². The predicted octanol–water partition coefficient (Wildman–Crippen LogP) is 4.11. The Balaban J connectivity index is 1.49. The van der Waals surface area contributed by atoms with Crippen LogP contribution in [0.15, 0.2) is 24.3 Å². The van der Waals surface area contributed by atoms with E-state index in [9.17, 15) is 0 Å². The zero-order chi connectivity index (χ0) is 13.2. The first-order chi connectivity index (χ1) is 9.26. The molecular formula is C17H25NS. The summed E-state index contributed by atoms with van der Waals surface area (Å²) in [4.78, 5) is 0. The van der Waals surface area contributed by atoms with E-state index in [1.807, 2.05) is 0 Å². The molecule has 2 atom stereocenters. The van der Waals surface area contributed by atoms with Gasteiger partial charge in [-0.2, -0.15) is 11.8 Å².